The number of alkyl halides is 1. The van der Waals surface area contributed by atoms with E-state index in [1.54, 1.807) is 7.05 Å². The second-order valence-electron chi connectivity index (χ2n) is 4.91. The number of nitrogens with zero attached hydrogens (tertiary/aromatic N) is 2. The van der Waals surface area contributed by atoms with Crippen molar-refractivity contribution >= 4 is 21.6 Å². The molecule has 1 aliphatic heterocycles. The van der Waals surface area contributed by atoms with Crippen LogP contribution in [-0.4, -0.2) is 62.5 Å². The van der Waals surface area contributed by atoms with E-state index in [1.165, 1.54) is 17.1 Å². The van der Waals surface area contributed by atoms with Gasteiger partial charge in [-0.3, -0.25) is 0 Å². The average molecular weight is 283 g/mol. The number of sulfonamides is 1. The minimum Gasteiger partial charge on any atom is -0.302 e. The van der Waals surface area contributed by atoms with Gasteiger partial charge in [-0.15, -0.1) is 11.6 Å². The number of likely N-dealkylation sites (tertiary alicyclic amines) is 1. The zero-order valence-corrected chi connectivity index (χ0v) is 12.3. The lowest BCUT2D eigenvalue weighted by molar-refractivity contribution is 0.309. The van der Waals surface area contributed by atoms with Crippen molar-refractivity contribution in [1.82, 2.24) is 9.21 Å². The minimum absolute atomic E-state index is 0.0101. The third kappa shape index (κ3) is 5.12. The Hall–Kier alpha value is 0.160. The molecule has 1 rings (SSSR count). The Kier molecular flexibility index (Phi) is 6.20. The molecule has 17 heavy (non-hydrogen) atoms. The van der Waals surface area contributed by atoms with Gasteiger partial charge in [-0.05, 0) is 31.8 Å². The fourth-order valence-electron chi connectivity index (χ4n) is 1.96. The van der Waals surface area contributed by atoms with Gasteiger partial charge in [0.15, 0.2) is 0 Å². The van der Waals surface area contributed by atoms with Crippen LogP contribution in [-0.2, 0) is 10.0 Å². The molecule has 0 aliphatic carbocycles. The van der Waals surface area contributed by atoms with Crippen LogP contribution < -0.4 is 0 Å². The molecule has 4 nitrogen and oxygen atoms in total. The van der Waals surface area contributed by atoms with Crippen LogP contribution in [0.3, 0.4) is 0 Å². The fourth-order valence-corrected chi connectivity index (χ4v) is 3.65. The lowest BCUT2D eigenvalue weighted by Gasteiger charge is -2.22. The van der Waals surface area contributed by atoms with Gasteiger partial charge in [0.05, 0.1) is 5.75 Å². The van der Waals surface area contributed by atoms with E-state index < -0.39 is 10.0 Å². The van der Waals surface area contributed by atoms with E-state index in [0.29, 0.717) is 12.4 Å². The van der Waals surface area contributed by atoms with Gasteiger partial charge in [-0.1, -0.05) is 6.92 Å². The first-order chi connectivity index (χ1) is 7.95. The van der Waals surface area contributed by atoms with E-state index in [4.69, 9.17) is 11.6 Å². The summed E-state index contributed by atoms with van der Waals surface area (Å²) in [7, 11) is -1.48. The first kappa shape index (κ1) is 15.2. The van der Waals surface area contributed by atoms with Crippen molar-refractivity contribution in [2.45, 2.75) is 19.8 Å². The Bertz CT molecular complexity index is 315. The average Bonchev–Trinajstić information content (AvgIpc) is 2.77. The first-order valence-corrected chi connectivity index (χ1v) is 8.32. The molecule has 1 heterocycles. The number of rotatable bonds is 7. The number of hydrogen-bond donors (Lipinski definition) is 0. The number of hydrogen-bond acceptors (Lipinski definition) is 3. The highest BCUT2D eigenvalue weighted by atomic mass is 35.5. The second-order valence-corrected chi connectivity index (χ2v) is 7.34. The van der Waals surface area contributed by atoms with Gasteiger partial charge in [-0.25, -0.2) is 12.7 Å². The molecule has 0 saturated carbocycles. The number of halogens is 1. The second kappa shape index (κ2) is 6.92. The van der Waals surface area contributed by atoms with Gasteiger partial charge in [0.1, 0.15) is 0 Å². The Morgan fingerprint density at radius 2 is 1.94 bits per heavy atom. The summed E-state index contributed by atoms with van der Waals surface area (Å²) in [5, 5.41) is 0. The summed E-state index contributed by atoms with van der Waals surface area (Å²) in [6.45, 7) is 5.49. The molecule has 1 fully saturated rings. The van der Waals surface area contributed by atoms with E-state index in [-0.39, 0.29) is 11.7 Å². The van der Waals surface area contributed by atoms with Crippen molar-refractivity contribution in [1.29, 1.82) is 0 Å². The minimum atomic E-state index is -3.14. The summed E-state index contributed by atoms with van der Waals surface area (Å²) in [5.41, 5.74) is 0. The predicted octanol–water partition coefficient (Wildman–Crippen LogP) is 1.22. The van der Waals surface area contributed by atoms with E-state index in [0.717, 1.165) is 19.6 Å². The quantitative estimate of drug-likeness (QED) is 0.659. The maximum absolute atomic E-state index is 12.0. The van der Waals surface area contributed by atoms with Gasteiger partial charge >= 0.3 is 0 Å². The van der Waals surface area contributed by atoms with Crippen molar-refractivity contribution in [3.05, 3.63) is 0 Å². The topological polar surface area (TPSA) is 40.6 Å². The third-order valence-electron chi connectivity index (χ3n) is 3.16. The smallest absolute Gasteiger partial charge is 0.214 e. The van der Waals surface area contributed by atoms with Crippen LogP contribution in [0, 0.1) is 5.92 Å². The fraction of sp³-hybridized carbons (Fsp3) is 1.00. The molecule has 6 heteroatoms. The molecular weight excluding hydrogens is 260 g/mol. The molecule has 1 saturated heterocycles. The molecule has 102 valence electrons. The Balaban J connectivity index is 2.36. The van der Waals surface area contributed by atoms with Crippen LogP contribution in [0.2, 0.25) is 0 Å². The van der Waals surface area contributed by atoms with E-state index >= 15 is 0 Å². The molecule has 0 radical (unpaired) electrons. The largest absolute Gasteiger partial charge is 0.302 e. The summed E-state index contributed by atoms with van der Waals surface area (Å²) in [6.07, 6.45) is 2.47. The molecule has 0 aromatic heterocycles. The molecule has 1 aliphatic rings. The van der Waals surface area contributed by atoms with Gasteiger partial charge in [0.25, 0.3) is 0 Å². The zero-order chi connectivity index (χ0) is 12.9. The van der Waals surface area contributed by atoms with Crippen molar-refractivity contribution < 1.29 is 8.42 Å². The summed E-state index contributed by atoms with van der Waals surface area (Å²) in [6, 6.07) is 0. The van der Waals surface area contributed by atoms with Crippen LogP contribution in [0.25, 0.3) is 0 Å². The van der Waals surface area contributed by atoms with Crippen LogP contribution in [0.4, 0.5) is 0 Å². The standard InChI is InChI=1S/C11H23ClN2O2S/c1-11(9-12)10-17(15,16)13(2)7-8-14-5-3-4-6-14/h11H,3-10H2,1-2H3. The van der Waals surface area contributed by atoms with E-state index in [9.17, 15) is 8.42 Å². The molecule has 0 aromatic carbocycles. The Morgan fingerprint density at radius 1 is 1.35 bits per heavy atom. The first-order valence-electron chi connectivity index (χ1n) is 6.18. The monoisotopic (exact) mass is 282 g/mol. The molecule has 0 N–H and O–H groups in total. The maximum Gasteiger partial charge on any atom is 0.214 e. The van der Waals surface area contributed by atoms with Gasteiger partial charge in [0.2, 0.25) is 10.0 Å². The molecule has 0 amide bonds. The van der Waals surface area contributed by atoms with Crippen LogP contribution in [0.15, 0.2) is 0 Å². The maximum atomic E-state index is 12.0. The van der Waals surface area contributed by atoms with Crippen LogP contribution in [0.5, 0.6) is 0 Å². The SMILES string of the molecule is CC(CCl)CS(=O)(=O)N(C)CCN1CCCC1. The summed E-state index contributed by atoms with van der Waals surface area (Å²) in [4.78, 5) is 2.32. The molecular formula is C11H23ClN2O2S. The summed E-state index contributed by atoms with van der Waals surface area (Å²) < 4.78 is 25.4. The highest BCUT2D eigenvalue weighted by Crippen LogP contribution is 2.10. The molecule has 1 atom stereocenters. The van der Waals surface area contributed by atoms with E-state index in [2.05, 4.69) is 4.90 Å². The predicted molar refractivity (Wildman–Crippen MR) is 72.0 cm³/mol. The summed E-state index contributed by atoms with van der Waals surface area (Å²) >= 11 is 5.65. The van der Waals surface area contributed by atoms with E-state index in [1.807, 2.05) is 6.92 Å². The molecule has 0 spiro atoms. The highest BCUT2D eigenvalue weighted by Gasteiger charge is 2.21. The van der Waals surface area contributed by atoms with Crippen LogP contribution >= 0.6 is 11.6 Å². The Morgan fingerprint density at radius 3 is 2.47 bits per heavy atom. The molecule has 1 unspecified atom stereocenters. The van der Waals surface area contributed by atoms with Gasteiger partial charge in [-0.2, -0.15) is 0 Å². The lowest BCUT2D eigenvalue weighted by Crippen LogP contribution is -2.37. The normalized spacial score (nSPS) is 20.0. The van der Waals surface area contributed by atoms with Crippen molar-refractivity contribution in [3.8, 4) is 0 Å². The van der Waals surface area contributed by atoms with Gasteiger partial charge in [0, 0.05) is 26.0 Å². The van der Waals surface area contributed by atoms with Gasteiger partial charge < -0.3 is 4.90 Å². The van der Waals surface area contributed by atoms with Crippen molar-refractivity contribution in [2.24, 2.45) is 5.92 Å². The number of likely N-dealkylation sites (N-methyl/N-ethyl adjacent to an activating group) is 1. The van der Waals surface area contributed by atoms with Crippen molar-refractivity contribution in [3.63, 3.8) is 0 Å². The van der Waals surface area contributed by atoms with Crippen molar-refractivity contribution in [2.75, 3.05) is 44.9 Å². The lowest BCUT2D eigenvalue weighted by atomic mass is 10.3. The highest BCUT2D eigenvalue weighted by molar-refractivity contribution is 7.89. The summed E-state index contributed by atoms with van der Waals surface area (Å²) in [5.74, 6) is 0.544. The third-order valence-corrected chi connectivity index (χ3v) is 5.81. The molecule has 0 aromatic rings. The molecule has 0 bridgehead atoms. The Labute approximate surface area is 110 Å². The van der Waals surface area contributed by atoms with Crippen LogP contribution in [0.1, 0.15) is 19.8 Å². The zero-order valence-electron chi connectivity index (χ0n) is 10.7.